The topological polar surface area (TPSA) is 68.2 Å². The molecule has 0 aliphatic heterocycles. The molecular formula is C16H13N5. The van der Waals surface area contributed by atoms with E-state index in [1.54, 1.807) is 16.8 Å². The van der Waals surface area contributed by atoms with Crippen LogP contribution >= 0.6 is 0 Å². The summed E-state index contributed by atoms with van der Waals surface area (Å²) in [6.07, 6.45) is 1.70. The van der Waals surface area contributed by atoms with Crippen molar-refractivity contribution in [3.63, 3.8) is 0 Å². The monoisotopic (exact) mass is 275 g/mol. The lowest BCUT2D eigenvalue weighted by Crippen LogP contribution is -2.03. The van der Waals surface area contributed by atoms with Crippen molar-refractivity contribution >= 4 is 33.7 Å². The van der Waals surface area contributed by atoms with Gasteiger partial charge >= 0.3 is 0 Å². The number of hydrogen-bond donors (Lipinski definition) is 2. The molecule has 0 aliphatic carbocycles. The van der Waals surface area contributed by atoms with Crippen LogP contribution in [0.25, 0.3) is 16.4 Å². The fourth-order valence-electron chi connectivity index (χ4n) is 2.44. The number of hydrogen-bond acceptors (Lipinski definition) is 4. The number of rotatable bonds is 2. The average molecular weight is 275 g/mol. The van der Waals surface area contributed by atoms with E-state index in [1.807, 2.05) is 24.3 Å². The van der Waals surface area contributed by atoms with Crippen LogP contribution < -0.4 is 11.1 Å². The quantitative estimate of drug-likeness (QED) is 0.589. The molecule has 0 fully saturated rings. The van der Waals surface area contributed by atoms with Crippen LogP contribution in [-0.4, -0.2) is 14.6 Å². The standard InChI is InChI=1S/C16H13N5/c17-14-10-16(21-15(20-14)7-8-18-21)19-13-6-5-11-3-1-2-4-12(11)9-13/h1-10,19H,(H2,17,20). The van der Waals surface area contributed by atoms with Gasteiger partial charge in [0.05, 0.1) is 6.20 Å². The molecule has 102 valence electrons. The number of nitrogens with two attached hydrogens (primary N) is 1. The molecule has 3 N–H and O–H groups in total. The molecule has 4 rings (SSSR count). The first-order valence-corrected chi connectivity index (χ1v) is 6.66. The predicted octanol–water partition coefficient (Wildman–Crippen LogP) is 3.21. The third kappa shape index (κ3) is 2.04. The van der Waals surface area contributed by atoms with Gasteiger partial charge in [-0.15, -0.1) is 0 Å². The highest BCUT2D eigenvalue weighted by molar-refractivity contribution is 5.86. The van der Waals surface area contributed by atoms with Gasteiger partial charge in [-0.05, 0) is 22.9 Å². The Morgan fingerprint density at radius 1 is 0.952 bits per heavy atom. The maximum atomic E-state index is 5.84. The maximum Gasteiger partial charge on any atom is 0.159 e. The van der Waals surface area contributed by atoms with Crippen molar-refractivity contribution in [2.45, 2.75) is 0 Å². The Morgan fingerprint density at radius 3 is 2.71 bits per heavy atom. The summed E-state index contributed by atoms with van der Waals surface area (Å²) in [7, 11) is 0. The zero-order chi connectivity index (χ0) is 14.2. The van der Waals surface area contributed by atoms with Crippen molar-refractivity contribution in [1.29, 1.82) is 0 Å². The number of nitrogen functional groups attached to an aromatic ring is 1. The van der Waals surface area contributed by atoms with Crippen molar-refractivity contribution in [2.24, 2.45) is 0 Å². The molecule has 2 aromatic heterocycles. The summed E-state index contributed by atoms with van der Waals surface area (Å²) in [5.74, 6) is 1.25. The van der Waals surface area contributed by atoms with Crippen molar-refractivity contribution in [2.75, 3.05) is 11.1 Å². The maximum absolute atomic E-state index is 5.84. The lowest BCUT2D eigenvalue weighted by molar-refractivity contribution is 0.950. The van der Waals surface area contributed by atoms with Crippen LogP contribution in [0.4, 0.5) is 17.3 Å². The Kier molecular flexibility index (Phi) is 2.50. The molecule has 5 nitrogen and oxygen atoms in total. The molecule has 0 saturated carbocycles. The van der Waals surface area contributed by atoms with Crippen molar-refractivity contribution in [1.82, 2.24) is 14.6 Å². The van der Waals surface area contributed by atoms with E-state index in [0.29, 0.717) is 5.82 Å². The number of aromatic nitrogens is 3. The van der Waals surface area contributed by atoms with Crippen molar-refractivity contribution in [3.8, 4) is 0 Å². The molecule has 21 heavy (non-hydrogen) atoms. The highest BCUT2D eigenvalue weighted by atomic mass is 15.3. The molecule has 4 aromatic rings. The molecular weight excluding hydrogens is 262 g/mol. The lowest BCUT2D eigenvalue weighted by atomic mass is 10.1. The molecule has 0 amide bonds. The van der Waals surface area contributed by atoms with E-state index in [9.17, 15) is 0 Å². The first-order chi connectivity index (χ1) is 10.3. The smallest absolute Gasteiger partial charge is 0.159 e. The van der Waals surface area contributed by atoms with Crippen LogP contribution in [0.2, 0.25) is 0 Å². The second-order valence-corrected chi connectivity index (χ2v) is 4.85. The van der Waals surface area contributed by atoms with E-state index in [2.05, 4.69) is 39.7 Å². The van der Waals surface area contributed by atoms with Crippen molar-refractivity contribution in [3.05, 3.63) is 60.8 Å². The molecule has 0 unspecified atom stereocenters. The van der Waals surface area contributed by atoms with E-state index in [1.165, 1.54) is 10.8 Å². The van der Waals surface area contributed by atoms with Gasteiger partial charge in [0.1, 0.15) is 11.6 Å². The van der Waals surface area contributed by atoms with Crippen molar-refractivity contribution < 1.29 is 0 Å². The van der Waals surface area contributed by atoms with Crippen LogP contribution in [0, 0.1) is 0 Å². The summed E-state index contributed by atoms with van der Waals surface area (Å²) >= 11 is 0. The van der Waals surface area contributed by atoms with Gasteiger partial charge in [-0.25, -0.2) is 4.98 Å². The fourth-order valence-corrected chi connectivity index (χ4v) is 2.44. The van der Waals surface area contributed by atoms with Gasteiger partial charge in [0.15, 0.2) is 5.65 Å². The van der Waals surface area contributed by atoms with Gasteiger partial charge in [-0.1, -0.05) is 30.3 Å². The molecule has 5 heteroatoms. The van der Waals surface area contributed by atoms with Gasteiger partial charge in [0, 0.05) is 17.8 Å². The first-order valence-electron chi connectivity index (χ1n) is 6.66. The van der Waals surface area contributed by atoms with Gasteiger partial charge in [-0.2, -0.15) is 9.61 Å². The Hall–Kier alpha value is -3.08. The zero-order valence-corrected chi connectivity index (χ0v) is 11.2. The molecule has 2 heterocycles. The summed E-state index contributed by atoms with van der Waals surface area (Å²) in [6, 6.07) is 18.1. The van der Waals surface area contributed by atoms with E-state index < -0.39 is 0 Å². The largest absolute Gasteiger partial charge is 0.384 e. The summed E-state index contributed by atoms with van der Waals surface area (Å²) in [5.41, 5.74) is 7.54. The van der Waals surface area contributed by atoms with Gasteiger partial charge in [-0.3, -0.25) is 0 Å². The molecule has 0 atom stereocenters. The second-order valence-electron chi connectivity index (χ2n) is 4.85. The molecule has 0 aliphatic rings. The molecule has 2 aromatic carbocycles. The minimum Gasteiger partial charge on any atom is -0.384 e. The van der Waals surface area contributed by atoms with Crippen LogP contribution in [0.1, 0.15) is 0 Å². The molecule has 0 spiro atoms. The molecule has 0 radical (unpaired) electrons. The normalized spacial score (nSPS) is 11.0. The third-order valence-corrected chi connectivity index (χ3v) is 3.40. The van der Waals surface area contributed by atoms with E-state index in [0.717, 1.165) is 17.2 Å². The molecule has 0 saturated heterocycles. The Morgan fingerprint density at radius 2 is 1.81 bits per heavy atom. The first kappa shape index (κ1) is 11.7. The number of anilines is 3. The predicted molar refractivity (Wildman–Crippen MR) is 84.6 cm³/mol. The van der Waals surface area contributed by atoms with Crippen LogP contribution in [0.15, 0.2) is 60.8 Å². The summed E-state index contributed by atoms with van der Waals surface area (Å²) in [4.78, 5) is 4.23. The summed E-state index contributed by atoms with van der Waals surface area (Å²) in [5, 5.41) is 9.99. The molecule has 0 bridgehead atoms. The van der Waals surface area contributed by atoms with E-state index >= 15 is 0 Å². The number of nitrogens with zero attached hydrogens (tertiary/aromatic N) is 3. The summed E-state index contributed by atoms with van der Waals surface area (Å²) < 4.78 is 1.73. The third-order valence-electron chi connectivity index (χ3n) is 3.40. The van der Waals surface area contributed by atoms with Crippen LogP contribution in [0.3, 0.4) is 0 Å². The Labute approximate surface area is 121 Å². The highest BCUT2D eigenvalue weighted by Gasteiger charge is 2.05. The minimum atomic E-state index is 0.464. The van der Waals surface area contributed by atoms with Crippen LogP contribution in [0.5, 0.6) is 0 Å². The number of nitrogens with one attached hydrogen (secondary N) is 1. The fraction of sp³-hybridized carbons (Fsp3) is 0. The number of benzene rings is 2. The lowest BCUT2D eigenvalue weighted by Gasteiger charge is -2.10. The SMILES string of the molecule is Nc1cc(Nc2ccc3ccccc3c2)n2nccc2n1. The van der Waals surface area contributed by atoms with E-state index in [-0.39, 0.29) is 0 Å². The average Bonchev–Trinajstić information content (AvgIpc) is 2.95. The summed E-state index contributed by atoms with van der Waals surface area (Å²) in [6.45, 7) is 0. The van der Waals surface area contributed by atoms with Crippen LogP contribution in [-0.2, 0) is 0 Å². The number of fused-ring (bicyclic) bond motifs is 2. The Balaban J connectivity index is 1.80. The Bertz CT molecular complexity index is 942. The van der Waals surface area contributed by atoms with Gasteiger partial charge < -0.3 is 11.1 Å². The highest BCUT2D eigenvalue weighted by Crippen LogP contribution is 2.23. The van der Waals surface area contributed by atoms with E-state index in [4.69, 9.17) is 5.73 Å². The minimum absolute atomic E-state index is 0.464. The van der Waals surface area contributed by atoms with Gasteiger partial charge in [0.2, 0.25) is 0 Å². The second kappa shape index (κ2) is 4.49. The zero-order valence-electron chi connectivity index (χ0n) is 11.2. The van der Waals surface area contributed by atoms with Gasteiger partial charge in [0.25, 0.3) is 0 Å².